The van der Waals surface area contributed by atoms with Gasteiger partial charge in [0.2, 0.25) is 5.76 Å². The molecular weight excluding hydrogens is 248 g/mol. The van der Waals surface area contributed by atoms with E-state index in [1.54, 1.807) is 0 Å². The first-order chi connectivity index (χ1) is 9.11. The van der Waals surface area contributed by atoms with Crippen molar-refractivity contribution in [3.8, 4) is 5.88 Å². The van der Waals surface area contributed by atoms with Crippen LogP contribution >= 0.6 is 0 Å². The summed E-state index contributed by atoms with van der Waals surface area (Å²) in [5.74, 6) is -0.135. The number of nitrogens with zero attached hydrogens (tertiary/aromatic N) is 2. The lowest BCUT2D eigenvalue weighted by molar-refractivity contribution is 0.0537. The molecule has 6 heteroatoms. The lowest BCUT2D eigenvalue weighted by Gasteiger charge is -2.35. The lowest BCUT2D eigenvalue weighted by atomic mass is 9.92. The van der Waals surface area contributed by atoms with Crippen LogP contribution in [0.25, 0.3) is 0 Å². The van der Waals surface area contributed by atoms with E-state index in [4.69, 9.17) is 9.26 Å². The zero-order chi connectivity index (χ0) is 13.8. The number of likely N-dealkylation sites (N-methyl/N-ethyl adjacent to an activating group) is 1. The molecule has 1 aromatic heterocycles. The Bertz CT molecular complexity index is 430. The molecule has 1 saturated carbocycles. The van der Waals surface area contributed by atoms with Crippen LogP contribution in [-0.4, -0.2) is 49.4 Å². The number of hydrogen-bond acceptors (Lipinski definition) is 6. The van der Waals surface area contributed by atoms with Gasteiger partial charge in [-0.3, -0.25) is 0 Å². The molecular formula is C13H20N2O4. The molecule has 2 atom stereocenters. The first-order valence-electron chi connectivity index (χ1n) is 6.50. The Hall–Kier alpha value is -1.56. The highest BCUT2D eigenvalue weighted by Crippen LogP contribution is 2.26. The van der Waals surface area contributed by atoms with E-state index in [-0.39, 0.29) is 11.9 Å². The van der Waals surface area contributed by atoms with Crippen molar-refractivity contribution in [2.24, 2.45) is 0 Å². The van der Waals surface area contributed by atoms with Gasteiger partial charge in [-0.25, -0.2) is 4.79 Å². The van der Waals surface area contributed by atoms with E-state index in [0.717, 1.165) is 19.3 Å². The Morgan fingerprint density at radius 1 is 1.42 bits per heavy atom. The molecule has 0 aliphatic heterocycles. The summed E-state index contributed by atoms with van der Waals surface area (Å²) >= 11 is 0. The fraction of sp³-hybridized carbons (Fsp3) is 0.692. The predicted octanol–water partition coefficient (Wildman–Crippen LogP) is 1.71. The molecule has 19 heavy (non-hydrogen) atoms. The molecule has 1 heterocycles. The second-order valence-electron chi connectivity index (χ2n) is 4.99. The Labute approximate surface area is 112 Å². The first kappa shape index (κ1) is 13.9. The minimum absolute atomic E-state index is 0.0645. The van der Waals surface area contributed by atoms with E-state index in [1.165, 1.54) is 19.6 Å². The van der Waals surface area contributed by atoms with Gasteiger partial charge in [-0.1, -0.05) is 6.42 Å². The van der Waals surface area contributed by atoms with Crippen LogP contribution in [0.4, 0.5) is 0 Å². The van der Waals surface area contributed by atoms with Crippen molar-refractivity contribution in [2.75, 3.05) is 21.2 Å². The van der Waals surface area contributed by atoms with Gasteiger partial charge in [-0.2, -0.15) is 0 Å². The molecule has 0 saturated heterocycles. The number of ether oxygens (including phenoxy) is 2. The molecule has 0 unspecified atom stereocenters. The van der Waals surface area contributed by atoms with E-state index < -0.39 is 5.97 Å². The van der Waals surface area contributed by atoms with Gasteiger partial charge in [0.05, 0.1) is 13.2 Å². The van der Waals surface area contributed by atoms with Crippen molar-refractivity contribution >= 4 is 5.97 Å². The molecule has 1 fully saturated rings. The molecule has 0 amide bonds. The smallest absolute Gasteiger partial charge is 0.377 e. The summed E-state index contributed by atoms with van der Waals surface area (Å²) in [6, 6.07) is 1.85. The molecule has 0 aromatic carbocycles. The van der Waals surface area contributed by atoms with Gasteiger partial charge in [0, 0.05) is 6.04 Å². The molecule has 106 valence electrons. The number of rotatable bonds is 4. The summed E-state index contributed by atoms with van der Waals surface area (Å²) in [5, 5.41) is 3.76. The van der Waals surface area contributed by atoms with E-state index in [0.29, 0.717) is 11.9 Å². The average molecular weight is 268 g/mol. The first-order valence-corrected chi connectivity index (χ1v) is 6.50. The van der Waals surface area contributed by atoms with Crippen LogP contribution < -0.4 is 4.74 Å². The zero-order valence-corrected chi connectivity index (χ0v) is 11.6. The molecule has 6 nitrogen and oxygen atoms in total. The Kier molecular flexibility index (Phi) is 4.42. The molecule has 1 aromatic rings. The Balaban J connectivity index is 2.02. The number of aromatic nitrogens is 1. The van der Waals surface area contributed by atoms with Crippen LogP contribution in [0.3, 0.4) is 0 Å². The highest BCUT2D eigenvalue weighted by molar-refractivity contribution is 5.86. The topological polar surface area (TPSA) is 64.8 Å². The molecule has 0 radical (unpaired) electrons. The quantitative estimate of drug-likeness (QED) is 0.775. The van der Waals surface area contributed by atoms with Gasteiger partial charge < -0.3 is 18.9 Å². The Morgan fingerprint density at radius 3 is 2.84 bits per heavy atom. The summed E-state index contributed by atoms with van der Waals surface area (Å²) in [5.41, 5.74) is 0. The van der Waals surface area contributed by atoms with Gasteiger partial charge in [-0.05, 0) is 38.5 Å². The lowest BCUT2D eigenvalue weighted by Crippen LogP contribution is -2.44. The maximum Gasteiger partial charge on any atom is 0.377 e. The number of methoxy groups -OCH3 is 1. The molecule has 0 N–H and O–H groups in total. The molecule has 1 aliphatic carbocycles. The third kappa shape index (κ3) is 3.26. The summed E-state index contributed by atoms with van der Waals surface area (Å²) in [4.78, 5) is 13.4. The average Bonchev–Trinajstić information content (AvgIpc) is 2.86. The van der Waals surface area contributed by atoms with Crippen LogP contribution in [0, 0.1) is 0 Å². The fourth-order valence-electron chi connectivity index (χ4n) is 2.47. The molecule has 0 bridgehead atoms. The highest BCUT2D eigenvalue weighted by atomic mass is 16.6. The van der Waals surface area contributed by atoms with Crippen LogP contribution in [0.1, 0.15) is 36.2 Å². The van der Waals surface area contributed by atoms with Gasteiger partial charge in [0.15, 0.2) is 0 Å². The minimum atomic E-state index is -0.546. The largest absolute Gasteiger partial charge is 0.471 e. The fourth-order valence-corrected chi connectivity index (χ4v) is 2.47. The third-order valence-electron chi connectivity index (χ3n) is 3.48. The summed E-state index contributed by atoms with van der Waals surface area (Å²) in [7, 11) is 5.40. The van der Waals surface area contributed by atoms with E-state index in [9.17, 15) is 4.79 Å². The summed E-state index contributed by atoms with van der Waals surface area (Å²) in [6.45, 7) is 0. The van der Waals surface area contributed by atoms with E-state index >= 15 is 0 Å². The molecule has 0 spiro atoms. The highest BCUT2D eigenvalue weighted by Gasteiger charge is 2.29. The number of carbonyl (C=O) groups excluding carboxylic acids is 1. The minimum Gasteiger partial charge on any atom is -0.471 e. The molecule has 2 rings (SSSR count). The van der Waals surface area contributed by atoms with Gasteiger partial charge in [0.25, 0.3) is 5.88 Å². The SMILES string of the molecule is COC(=O)c1cc(O[C@H]2CCCC[C@@H]2N(C)C)no1. The monoisotopic (exact) mass is 268 g/mol. The van der Waals surface area contributed by atoms with Crippen molar-refractivity contribution < 1.29 is 18.8 Å². The maximum absolute atomic E-state index is 11.3. The maximum atomic E-state index is 11.3. The summed E-state index contributed by atoms with van der Waals surface area (Å²) in [6.07, 6.45) is 4.55. The van der Waals surface area contributed by atoms with Crippen molar-refractivity contribution in [2.45, 2.75) is 37.8 Å². The zero-order valence-electron chi connectivity index (χ0n) is 11.6. The van der Waals surface area contributed by atoms with Crippen LogP contribution in [0.5, 0.6) is 5.88 Å². The van der Waals surface area contributed by atoms with Crippen molar-refractivity contribution in [1.29, 1.82) is 0 Å². The van der Waals surface area contributed by atoms with E-state index in [1.807, 2.05) is 0 Å². The normalized spacial score (nSPS) is 23.4. The van der Waals surface area contributed by atoms with Gasteiger partial charge in [0.1, 0.15) is 6.10 Å². The molecule has 1 aliphatic rings. The van der Waals surface area contributed by atoms with Gasteiger partial charge >= 0.3 is 5.97 Å². The van der Waals surface area contributed by atoms with Crippen molar-refractivity contribution in [3.05, 3.63) is 11.8 Å². The number of esters is 1. The standard InChI is InChI=1S/C13H20N2O4/c1-15(2)9-6-4-5-7-10(9)18-12-8-11(19-14-12)13(16)17-3/h8-10H,4-7H2,1-3H3/t9-,10-/m0/s1. The second kappa shape index (κ2) is 6.06. The predicted molar refractivity (Wildman–Crippen MR) is 68.2 cm³/mol. The van der Waals surface area contributed by atoms with Crippen LogP contribution in [0.15, 0.2) is 10.6 Å². The number of carbonyl (C=O) groups is 1. The Morgan fingerprint density at radius 2 is 2.16 bits per heavy atom. The van der Waals surface area contributed by atoms with E-state index in [2.05, 4.69) is 28.9 Å². The third-order valence-corrected chi connectivity index (χ3v) is 3.48. The number of hydrogen-bond donors (Lipinski definition) is 0. The van der Waals surface area contributed by atoms with Gasteiger partial charge in [-0.15, -0.1) is 0 Å². The second-order valence-corrected chi connectivity index (χ2v) is 4.99. The van der Waals surface area contributed by atoms with Crippen LogP contribution in [0.2, 0.25) is 0 Å². The summed E-state index contributed by atoms with van der Waals surface area (Å²) < 4.78 is 15.3. The van der Waals surface area contributed by atoms with Crippen molar-refractivity contribution in [3.63, 3.8) is 0 Å². The van der Waals surface area contributed by atoms with Crippen LogP contribution in [-0.2, 0) is 4.74 Å². The van der Waals surface area contributed by atoms with Crippen molar-refractivity contribution in [1.82, 2.24) is 10.1 Å².